The van der Waals surface area contributed by atoms with E-state index in [1.165, 1.54) is 23.7 Å². The van der Waals surface area contributed by atoms with E-state index in [1.54, 1.807) is 22.9 Å². The Hall–Kier alpha value is -2.63. The van der Waals surface area contributed by atoms with E-state index in [2.05, 4.69) is 20.3 Å². The van der Waals surface area contributed by atoms with Crippen LogP contribution in [0.4, 0.5) is 0 Å². The van der Waals surface area contributed by atoms with Crippen LogP contribution in [0.25, 0.3) is 15.9 Å². The third-order valence-electron chi connectivity index (χ3n) is 7.05. The van der Waals surface area contributed by atoms with Crippen LogP contribution >= 0.6 is 34.5 Å². The number of halogens is 2. The summed E-state index contributed by atoms with van der Waals surface area (Å²) in [6, 6.07) is 4.85. The fourth-order valence-electron chi connectivity index (χ4n) is 4.81. The van der Waals surface area contributed by atoms with E-state index in [0.29, 0.717) is 64.5 Å². The van der Waals surface area contributed by atoms with Crippen molar-refractivity contribution in [2.45, 2.75) is 62.8 Å². The van der Waals surface area contributed by atoms with Gasteiger partial charge in [-0.1, -0.05) is 28.4 Å². The van der Waals surface area contributed by atoms with Crippen LogP contribution in [0.3, 0.4) is 0 Å². The molecule has 3 heterocycles. The Balaban J connectivity index is 1.17. The topological polar surface area (TPSA) is 123 Å². The van der Waals surface area contributed by atoms with Gasteiger partial charge in [0.15, 0.2) is 0 Å². The largest absolute Gasteiger partial charge is 0.478 e. The molecule has 2 N–H and O–H groups in total. The average molecular weight is 560 g/mol. The van der Waals surface area contributed by atoms with Gasteiger partial charge in [-0.05, 0) is 56.7 Å². The first-order valence-corrected chi connectivity index (χ1v) is 13.6. The molecular formula is C25H23Cl2N5O4S. The number of fused-ring (bicyclic) bond motifs is 1. The lowest BCUT2D eigenvalue weighted by Gasteiger charge is -2.34. The van der Waals surface area contributed by atoms with Gasteiger partial charge < -0.3 is 14.9 Å². The molecule has 0 bridgehead atoms. The van der Waals surface area contributed by atoms with Crippen molar-refractivity contribution in [3.8, 4) is 5.69 Å². The van der Waals surface area contributed by atoms with E-state index in [4.69, 9.17) is 27.9 Å². The lowest BCUT2D eigenvalue weighted by atomic mass is 9.83. The first kappa shape index (κ1) is 24.7. The van der Waals surface area contributed by atoms with Gasteiger partial charge >= 0.3 is 5.97 Å². The van der Waals surface area contributed by atoms with Crippen molar-refractivity contribution in [1.82, 2.24) is 25.0 Å². The summed E-state index contributed by atoms with van der Waals surface area (Å²) in [5.74, 6) is -0.633. The Labute approximate surface area is 226 Å². The summed E-state index contributed by atoms with van der Waals surface area (Å²) in [7, 11) is 0. The van der Waals surface area contributed by atoms with Crippen LogP contribution in [-0.4, -0.2) is 47.2 Å². The summed E-state index contributed by atoms with van der Waals surface area (Å²) in [4.78, 5) is 19.9. The van der Waals surface area contributed by atoms with Gasteiger partial charge in [-0.2, -0.15) is 0 Å². The van der Waals surface area contributed by atoms with E-state index < -0.39 is 11.6 Å². The first-order chi connectivity index (χ1) is 17.8. The molecule has 1 aromatic carbocycles. The van der Waals surface area contributed by atoms with E-state index in [-0.39, 0.29) is 11.7 Å². The van der Waals surface area contributed by atoms with Crippen molar-refractivity contribution in [3.63, 3.8) is 0 Å². The number of hydrogen-bond acceptors (Lipinski definition) is 8. The Morgan fingerprint density at radius 1 is 1.16 bits per heavy atom. The molecule has 0 saturated heterocycles. The van der Waals surface area contributed by atoms with Crippen LogP contribution in [0, 0.1) is 0 Å². The van der Waals surface area contributed by atoms with Crippen LogP contribution in [0.2, 0.25) is 10.0 Å². The molecular weight excluding hydrogens is 537 g/mol. The number of rotatable bonds is 7. The van der Waals surface area contributed by atoms with Gasteiger partial charge in [0.1, 0.15) is 16.3 Å². The van der Waals surface area contributed by atoms with Crippen LogP contribution in [-0.2, 0) is 16.9 Å². The highest BCUT2D eigenvalue weighted by Gasteiger charge is 2.38. The third-order valence-corrected chi connectivity index (χ3v) is 8.83. The van der Waals surface area contributed by atoms with E-state index in [1.807, 2.05) is 0 Å². The number of carboxylic acid groups (broad SMARTS) is 1. The minimum Gasteiger partial charge on any atom is -0.478 e. The second-order valence-electron chi connectivity index (χ2n) is 9.61. The van der Waals surface area contributed by atoms with Crippen LogP contribution in [0.1, 0.15) is 71.2 Å². The van der Waals surface area contributed by atoms with Crippen LogP contribution < -0.4 is 0 Å². The average Bonchev–Trinajstić information content (AvgIpc) is 3.49. The number of nitrogens with zero attached hydrogens (tertiary/aromatic N) is 5. The number of aromatic nitrogens is 5. The second kappa shape index (κ2) is 9.59. The van der Waals surface area contributed by atoms with Crippen molar-refractivity contribution in [2.24, 2.45) is 0 Å². The minimum atomic E-state index is -1.06. The predicted molar refractivity (Wildman–Crippen MR) is 139 cm³/mol. The summed E-state index contributed by atoms with van der Waals surface area (Å²) >= 11 is 14.2. The molecule has 3 aromatic heterocycles. The number of ether oxygens (including phenoxy) is 1. The molecule has 9 nitrogen and oxygen atoms in total. The molecule has 2 aliphatic carbocycles. The Morgan fingerprint density at radius 3 is 2.57 bits per heavy atom. The molecule has 2 saturated carbocycles. The van der Waals surface area contributed by atoms with Gasteiger partial charge in [-0.3, -0.25) is 4.98 Å². The third kappa shape index (κ3) is 4.72. The standard InChI is InChI=1S/C25H23Cl2N5O4S/c26-16-10-28-11-17(27)22(16)32-19(21(30-31-32)13-1-2-13)12-36-15-5-7-25(35,8-6-15)24-29-18-9-14(23(33)34)3-4-20(18)37-24/h3-4,9-11,13,15,35H,1-2,5-8,12H2,(H,33,34). The minimum absolute atomic E-state index is 0.0490. The maximum Gasteiger partial charge on any atom is 0.335 e. The number of pyridine rings is 1. The van der Waals surface area contributed by atoms with Crippen molar-refractivity contribution >= 4 is 50.7 Å². The molecule has 0 unspecified atom stereocenters. The zero-order valence-corrected chi connectivity index (χ0v) is 21.9. The molecule has 6 rings (SSSR count). The molecule has 0 radical (unpaired) electrons. The highest BCUT2D eigenvalue weighted by atomic mass is 35.5. The summed E-state index contributed by atoms with van der Waals surface area (Å²) < 4.78 is 8.84. The monoisotopic (exact) mass is 559 g/mol. The van der Waals surface area contributed by atoms with Crippen LogP contribution in [0.15, 0.2) is 30.6 Å². The summed E-state index contributed by atoms with van der Waals surface area (Å²) in [5.41, 5.74) is 1.99. The number of carbonyl (C=O) groups is 1. The van der Waals surface area contributed by atoms with Crippen molar-refractivity contribution in [2.75, 3.05) is 0 Å². The van der Waals surface area contributed by atoms with Gasteiger partial charge in [-0.25, -0.2) is 14.5 Å². The summed E-state index contributed by atoms with van der Waals surface area (Å²) in [6.45, 7) is 0.302. The second-order valence-corrected chi connectivity index (χ2v) is 11.5. The lowest BCUT2D eigenvalue weighted by molar-refractivity contribution is -0.0648. The highest BCUT2D eigenvalue weighted by Crippen LogP contribution is 2.43. The van der Waals surface area contributed by atoms with Crippen molar-refractivity contribution < 1.29 is 19.7 Å². The van der Waals surface area contributed by atoms with Gasteiger partial charge in [0.25, 0.3) is 0 Å². The van der Waals surface area contributed by atoms with E-state index in [0.717, 1.165) is 28.9 Å². The van der Waals surface area contributed by atoms with Crippen molar-refractivity contribution in [1.29, 1.82) is 0 Å². The Morgan fingerprint density at radius 2 is 1.89 bits per heavy atom. The maximum absolute atomic E-state index is 11.4. The molecule has 192 valence electrons. The molecule has 12 heteroatoms. The number of benzene rings is 1. The highest BCUT2D eigenvalue weighted by molar-refractivity contribution is 7.18. The Kier molecular flexibility index (Phi) is 6.40. The molecule has 4 aromatic rings. The molecule has 2 aliphatic rings. The number of aliphatic hydroxyl groups is 1. The normalized spacial score (nSPS) is 22.0. The number of thiazole rings is 1. The Bertz CT molecular complexity index is 1470. The van der Waals surface area contributed by atoms with Crippen molar-refractivity contribution in [3.05, 3.63) is 62.6 Å². The first-order valence-electron chi connectivity index (χ1n) is 12.0. The van der Waals surface area contributed by atoms with Gasteiger partial charge in [-0.15, -0.1) is 16.4 Å². The van der Waals surface area contributed by atoms with E-state index >= 15 is 0 Å². The zero-order valence-electron chi connectivity index (χ0n) is 19.6. The fraction of sp³-hybridized carbons (Fsp3) is 0.400. The molecule has 37 heavy (non-hydrogen) atoms. The predicted octanol–water partition coefficient (Wildman–Crippen LogP) is 5.50. The summed E-state index contributed by atoms with van der Waals surface area (Å²) in [6.07, 6.45) is 7.44. The molecule has 0 spiro atoms. The maximum atomic E-state index is 11.4. The summed E-state index contributed by atoms with van der Waals surface area (Å²) in [5, 5.41) is 30.8. The molecule has 0 amide bonds. The lowest BCUT2D eigenvalue weighted by Crippen LogP contribution is -2.34. The quantitative estimate of drug-likeness (QED) is 0.304. The SMILES string of the molecule is O=C(O)c1ccc2sc(C3(O)CCC(OCc4c(C5CC5)nnn4-c4c(Cl)cncc4Cl)CC3)nc2c1. The zero-order chi connectivity index (χ0) is 25.7. The van der Waals surface area contributed by atoms with E-state index in [9.17, 15) is 15.0 Å². The molecule has 2 fully saturated rings. The van der Waals surface area contributed by atoms with Crippen LogP contribution in [0.5, 0.6) is 0 Å². The molecule has 0 atom stereocenters. The smallest absolute Gasteiger partial charge is 0.335 e. The fourth-order valence-corrected chi connectivity index (χ4v) is 6.43. The van der Waals surface area contributed by atoms with Gasteiger partial charge in [0, 0.05) is 18.3 Å². The number of aromatic carboxylic acids is 1. The number of hydrogen-bond donors (Lipinski definition) is 2. The van der Waals surface area contributed by atoms with Gasteiger partial charge in [0.2, 0.25) is 0 Å². The molecule has 0 aliphatic heterocycles. The number of carboxylic acids is 1. The van der Waals surface area contributed by atoms with Gasteiger partial charge in [0.05, 0.1) is 49.9 Å².